The molecule has 0 bridgehead atoms. The number of aryl methyl sites for hydroxylation is 1. The van der Waals surface area contributed by atoms with Gasteiger partial charge in [-0.15, -0.1) is 0 Å². The van der Waals surface area contributed by atoms with Crippen LogP contribution in [0.25, 0.3) is 0 Å². The number of hydrogen-bond donors (Lipinski definition) is 0. The molecule has 1 aliphatic rings. The number of hydrogen-bond acceptors (Lipinski definition) is 2. The van der Waals surface area contributed by atoms with Crippen LogP contribution in [0.4, 0.5) is 0 Å². The van der Waals surface area contributed by atoms with Gasteiger partial charge in [-0.25, -0.2) is 0 Å². The molecular weight excluding hydrogens is 262 g/mol. The summed E-state index contributed by atoms with van der Waals surface area (Å²) in [4.78, 5) is 15.0. The number of fused-ring (bicyclic) bond motifs is 1. The molecule has 1 aromatic rings. The molecule has 0 spiro atoms. The van der Waals surface area contributed by atoms with E-state index in [1.807, 2.05) is 11.0 Å². The number of methoxy groups -OCH3 is 1. The predicted molar refractivity (Wildman–Crippen MR) is 85.4 cm³/mol. The Morgan fingerprint density at radius 2 is 2.14 bits per heavy atom. The molecule has 0 aliphatic heterocycles. The number of rotatable bonds is 6. The molecule has 0 aromatic heterocycles. The first-order valence-corrected chi connectivity index (χ1v) is 7.99. The molecule has 1 unspecified atom stereocenters. The van der Waals surface area contributed by atoms with Gasteiger partial charge in [0.05, 0.1) is 12.5 Å². The minimum atomic E-state index is 0.0329. The minimum absolute atomic E-state index is 0.0329. The lowest BCUT2D eigenvalue weighted by atomic mass is 9.82. The molecule has 0 saturated heterocycles. The van der Waals surface area contributed by atoms with Crippen molar-refractivity contribution in [3.05, 3.63) is 35.4 Å². The molecule has 3 heteroatoms. The SMILES string of the molecule is COCCN(CC(C)C)C(=O)C1CCCc2ccccc21. The van der Waals surface area contributed by atoms with E-state index < -0.39 is 0 Å². The average molecular weight is 289 g/mol. The van der Waals surface area contributed by atoms with Crippen molar-refractivity contribution in [2.75, 3.05) is 26.8 Å². The maximum absolute atomic E-state index is 13.0. The normalized spacial score (nSPS) is 17.6. The Morgan fingerprint density at radius 3 is 2.86 bits per heavy atom. The summed E-state index contributed by atoms with van der Waals surface area (Å²) in [6.45, 7) is 6.41. The van der Waals surface area contributed by atoms with Crippen molar-refractivity contribution in [3.63, 3.8) is 0 Å². The first-order chi connectivity index (χ1) is 10.1. The van der Waals surface area contributed by atoms with E-state index >= 15 is 0 Å². The van der Waals surface area contributed by atoms with Crippen molar-refractivity contribution in [1.29, 1.82) is 0 Å². The molecule has 21 heavy (non-hydrogen) atoms. The summed E-state index contributed by atoms with van der Waals surface area (Å²) in [5.74, 6) is 0.781. The molecule has 0 radical (unpaired) electrons. The van der Waals surface area contributed by atoms with Gasteiger partial charge in [-0.1, -0.05) is 38.1 Å². The average Bonchev–Trinajstić information content (AvgIpc) is 2.50. The van der Waals surface area contributed by atoms with E-state index in [1.165, 1.54) is 11.1 Å². The van der Waals surface area contributed by atoms with Crippen LogP contribution >= 0.6 is 0 Å². The summed E-state index contributed by atoms with van der Waals surface area (Å²) < 4.78 is 5.17. The van der Waals surface area contributed by atoms with Gasteiger partial charge in [-0.3, -0.25) is 4.79 Å². The van der Waals surface area contributed by atoms with Gasteiger partial charge in [0.25, 0.3) is 0 Å². The maximum atomic E-state index is 13.0. The second-order valence-electron chi connectivity index (χ2n) is 6.31. The summed E-state index contributed by atoms with van der Waals surface area (Å²) in [5.41, 5.74) is 2.58. The number of carbonyl (C=O) groups is 1. The molecule has 0 saturated carbocycles. The fourth-order valence-electron chi connectivity index (χ4n) is 3.16. The molecule has 1 amide bonds. The van der Waals surface area contributed by atoms with E-state index in [-0.39, 0.29) is 11.8 Å². The second kappa shape index (κ2) is 7.60. The Kier molecular flexibility index (Phi) is 5.80. The molecule has 1 atom stereocenters. The van der Waals surface area contributed by atoms with Gasteiger partial charge in [-0.2, -0.15) is 0 Å². The molecule has 0 N–H and O–H groups in total. The number of carbonyl (C=O) groups excluding carboxylic acids is 1. The van der Waals surface area contributed by atoms with Crippen LogP contribution in [0.15, 0.2) is 24.3 Å². The van der Waals surface area contributed by atoms with Gasteiger partial charge in [0, 0.05) is 20.2 Å². The van der Waals surface area contributed by atoms with Crippen molar-refractivity contribution in [2.24, 2.45) is 5.92 Å². The number of benzene rings is 1. The smallest absolute Gasteiger partial charge is 0.230 e. The van der Waals surface area contributed by atoms with E-state index in [1.54, 1.807) is 7.11 Å². The highest BCUT2D eigenvalue weighted by atomic mass is 16.5. The lowest BCUT2D eigenvalue weighted by Crippen LogP contribution is -2.40. The third kappa shape index (κ3) is 4.07. The highest BCUT2D eigenvalue weighted by molar-refractivity contribution is 5.84. The lowest BCUT2D eigenvalue weighted by Gasteiger charge is -2.31. The van der Waals surface area contributed by atoms with E-state index in [0.717, 1.165) is 25.8 Å². The van der Waals surface area contributed by atoms with Crippen LogP contribution in [0.1, 0.15) is 43.7 Å². The standard InChI is InChI=1S/C18H27NO2/c1-14(2)13-19(11-12-21-3)18(20)17-10-6-8-15-7-4-5-9-16(15)17/h4-5,7,9,14,17H,6,8,10-13H2,1-3H3. The summed E-state index contributed by atoms with van der Waals surface area (Å²) in [6, 6.07) is 8.41. The van der Waals surface area contributed by atoms with Crippen LogP contribution in [-0.4, -0.2) is 37.6 Å². The van der Waals surface area contributed by atoms with Crippen molar-refractivity contribution in [1.82, 2.24) is 4.90 Å². The van der Waals surface area contributed by atoms with Crippen molar-refractivity contribution >= 4 is 5.91 Å². The third-order valence-electron chi connectivity index (χ3n) is 4.13. The van der Waals surface area contributed by atoms with Gasteiger partial charge in [0.2, 0.25) is 5.91 Å². The highest BCUT2D eigenvalue weighted by Crippen LogP contribution is 2.33. The lowest BCUT2D eigenvalue weighted by molar-refractivity contribution is -0.134. The molecule has 1 aromatic carbocycles. The van der Waals surface area contributed by atoms with E-state index in [2.05, 4.69) is 32.0 Å². The number of ether oxygens (including phenoxy) is 1. The molecule has 0 fully saturated rings. The first kappa shape index (κ1) is 16.0. The Labute approximate surface area is 128 Å². The van der Waals surface area contributed by atoms with Gasteiger partial charge in [0.15, 0.2) is 0 Å². The molecule has 1 aliphatic carbocycles. The highest BCUT2D eigenvalue weighted by Gasteiger charge is 2.29. The van der Waals surface area contributed by atoms with Gasteiger partial charge >= 0.3 is 0 Å². The molecule has 116 valence electrons. The van der Waals surface area contributed by atoms with E-state index in [9.17, 15) is 4.79 Å². The predicted octanol–water partition coefficient (Wildman–Crippen LogP) is 3.24. The van der Waals surface area contributed by atoms with E-state index in [0.29, 0.717) is 19.1 Å². The minimum Gasteiger partial charge on any atom is -0.383 e. The largest absolute Gasteiger partial charge is 0.383 e. The van der Waals surface area contributed by atoms with Crippen LogP contribution in [-0.2, 0) is 16.0 Å². The maximum Gasteiger partial charge on any atom is 0.230 e. The Hall–Kier alpha value is -1.35. The zero-order chi connectivity index (χ0) is 15.2. The number of nitrogens with zero attached hydrogens (tertiary/aromatic N) is 1. The summed E-state index contributed by atoms with van der Waals surface area (Å²) in [6.07, 6.45) is 3.17. The summed E-state index contributed by atoms with van der Waals surface area (Å²) in [5, 5.41) is 0. The van der Waals surface area contributed by atoms with Crippen molar-refractivity contribution < 1.29 is 9.53 Å². The van der Waals surface area contributed by atoms with Crippen LogP contribution in [0.5, 0.6) is 0 Å². The third-order valence-corrected chi connectivity index (χ3v) is 4.13. The zero-order valence-electron chi connectivity index (χ0n) is 13.5. The zero-order valence-corrected chi connectivity index (χ0v) is 13.5. The number of amides is 1. The fraction of sp³-hybridized carbons (Fsp3) is 0.611. The second-order valence-corrected chi connectivity index (χ2v) is 6.31. The monoisotopic (exact) mass is 289 g/mol. The van der Waals surface area contributed by atoms with Crippen LogP contribution in [0, 0.1) is 5.92 Å². The van der Waals surface area contributed by atoms with Crippen LogP contribution in [0.2, 0.25) is 0 Å². The molecule has 3 nitrogen and oxygen atoms in total. The van der Waals surface area contributed by atoms with Crippen molar-refractivity contribution in [3.8, 4) is 0 Å². The topological polar surface area (TPSA) is 29.5 Å². The molecular formula is C18H27NO2. The van der Waals surface area contributed by atoms with Crippen LogP contribution < -0.4 is 0 Å². The van der Waals surface area contributed by atoms with Crippen LogP contribution in [0.3, 0.4) is 0 Å². The van der Waals surface area contributed by atoms with Gasteiger partial charge < -0.3 is 9.64 Å². The Morgan fingerprint density at radius 1 is 1.38 bits per heavy atom. The Balaban J connectivity index is 2.16. The first-order valence-electron chi connectivity index (χ1n) is 7.99. The van der Waals surface area contributed by atoms with Gasteiger partial charge in [-0.05, 0) is 36.3 Å². The van der Waals surface area contributed by atoms with Crippen molar-refractivity contribution in [2.45, 2.75) is 39.0 Å². The molecule has 2 rings (SSSR count). The fourth-order valence-corrected chi connectivity index (χ4v) is 3.16. The van der Waals surface area contributed by atoms with E-state index in [4.69, 9.17) is 4.74 Å². The Bertz CT molecular complexity index is 470. The summed E-state index contributed by atoms with van der Waals surface area (Å²) >= 11 is 0. The molecule has 0 heterocycles. The summed E-state index contributed by atoms with van der Waals surface area (Å²) in [7, 11) is 1.69. The quantitative estimate of drug-likeness (QED) is 0.804. The van der Waals surface area contributed by atoms with Gasteiger partial charge in [0.1, 0.15) is 0 Å².